The molecule has 0 spiro atoms. The molecule has 1 aliphatic heterocycles. The van der Waals surface area contributed by atoms with E-state index in [9.17, 15) is 4.39 Å². The van der Waals surface area contributed by atoms with E-state index in [-0.39, 0.29) is 18.5 Å². The Morgan fingerprint density at radius 1 is 1.47 bits per heavy atom. The van der Waals surface area contributed by atoms with Gasteiger partial charge in [-0.2, -0.15) is 0 Å². The molecule has 4 heteroatoms. The lowest BCUT2D eigenvalue weighted by Gasteiger charge is -2.21. The second-order valence-electron chi connectivity index (χ2n) is 5.29. The second kappa shape index (κ2) is 6.98. The zero-order chi connectivity index (χ0) is 13.7. The smallest absolute Gasteiger partial charge is 0.127 e. The van der Waals surface area contributed by atoms with Crippen molar-refractivity contribution >= 4 is 0 Å². The molecule has 2 atom stereocenters. The fraction of sp³-hybridized carbons (Fsp3) is 0.600. The van der Waals surface area contributed by atoms with Gasteiger partial charge in [-0.05, 0) is 45.0 Å². The zero-order valence-electron chi connectivity index (χ0n) is 11.5. The molecule has 1 heterocycles. The molecule has 19 heavy (non-hydrogen) atoms. The number of nitrogens with one attached hydrogen (secondary N) is 1. The van der Waals surface area contributed by atoms with Crippen molar-refractivity contribution in [1.29, 1.82) is 0 Å². The summed E-state index contributed by atoms with van der Waals surface area (Å²) in [6.45, 7) is 3.22. The molecule has 2 unspecified atom stereocenters. The largest absolute Gasteiger partial charge is 0.396 e. The van der Waals surface area contributed by atoms with Gasteiger partial charge in [-0.15, -0.1) is 0 Å². The summed E-state index contributed by atoms with van der Waals surface area (Å²) < 4.78 is 13.8. The van der Waals surface area contributed by atoms with E-state index in [1.54, 1.807) is 6.07 Å². The molecular weight excluding hydrogens is 243 g/mol. The lowest BCUT2D eigenvalue weighted by Crippen LogP contribution is -2.27. The highest BCUT2D eigenvalue weighted by Gasteiger charge is 2.22. The van der Waals surface area contributed by atoms with Crippen LogP contribution >= 0.6 is 0 Å². The van der Waals surface area contributed by atoms with Crippen LogP contribution < -0.4 is 5.32 Å². The van der Waals surface area contributed by atoms with E-state index < -0.39 is 0 Å². The van der Waals surface area contributed by atoms with Gasteiger partial charge in [-0.25, -0.2) is 4.39 Å². The third-order valence-corrected chi connectivity index (χ3v) is 3.99. The van der Waals surface area contributed by atoms with Crippen molar-refractivity contribution in [3.63, 3.8) is 0 Å². The quantitative estimate of drug-likeness (QED) is 0.824. The summed E-state index contributed by atoms with van der Waals surface area (Å²) in [5.41, 5.74) is 0.739. The Morgan fingerprint density at radius 2 is 2.26 bits per heavy atom. The summed E-state index contributed by atoms with van der Waals surface area (Å²) in [5, 5.41) is 12.3. The summed E-state index contributed by atoms with van der Waals surface area (Å²) in [6.07, 6.45) is 1.95. The average Bonchev–Trinajstić information content (AvgIpc) is 2.89. The third kappa shape index (κ3) is 3.75. The summed E-state index contributed by atoms with van der Waals surface area (Å²) in [4.78, 5) is 2.35. The molecule has 1 aliphatic rings. The van der Waals surface area contributed by atoms with E-state index >= 15 is 0 Å². The van der Waals surface area contributed by atoms with Crippen LogP contribution in [0.2, 0.25) is 0 Å². The first-order valence-corrected chi connectivity index (χ1v) is 6.99. The number of hydrogen-bond acceptors (Lipinski definition) is 3. The Morgan fingerprint density at radius 3 is 2.89 bits per heavy atom. The van der Waals surface area contributed by atoms with Gasteiger partial charge in [0.15, 0.2) is 0 Å². The van der Waals surface area contributed by atoms with Crippen LogP contribution in [0.3, 0.4) is 0 Å². The summed E-state index contributed by atoms with van der Waals surface area (Å²) >= 11 is 0. The van der Waals surface area contributed by atoms with Gasteiger partial charge >= 0.3 is 0 Å². The van der Waals surface area contributed by atoms with Gasteiger partial charge in [0.25, 0.3) is 0 Å². The van der Waals surface area contributed by atoms with Crippen molar-refractivity contribution in [2.24, 2.45) is 5.92 Å². The van der Waals surface area contributed by atoms with Gasteiger partial charge < -0.3 is 15.3 Å². The number of nitrogens with zero attached hydrogens (tertiary/aromatic N) is 1. The van der Waals surface area contributed by atoms with E-state index in [4.69, 9.17) is 5.11 Å². The highest BCUT2D eigenvalue weighted by molar-refractivity contribution is 5.21. The van der Waals surface area contributed by atoms with Crippen LogP contribution in [0.25, 0.3) is 0 Å². The summed E-state index contributed by atoms with van der Waals surface area (Å²) in [5.74, 6) is 0.276. The van der Waals surface area contributed by atoms with E-state index in [1.807, 2.05) is 19.2 Å². The Bertz CT molecular complexity index is 399. The third-order valence-electron chi connectivity index (χ3n) is 3.99. The molecule has 0 aliphatic carbocycles. The predicted molar refractivity (Wildman–Crippen MR) is 74.5 cm³/mol. The molecule has 1 fully saturated rings. The molecule has 0 bridgehead atoms. The molecule has 1 aromatic carbocycles. The predicted octanol–water partition coefficient (Wildman–Crippen LogP) is 1.79. The van der Waals surface area contributed by atoms with Crippen molar-refractivity contribution < 1.29 is 9.50 Å². The van der Waals surface area contributed by atoms with E-state index in [0.29, 0.717) is 5.92 Å². The number of benzene rings is 1. The minimum atomic E-state index is -0.142. The van der Waals surface area contributed by atoms with Crippen molar-refractivity contribution in [3.8, 4) is 0 Å². The summed E-state index contributed by atoms with van der Waals surface area (Å²) in [6, 6.07) is 7.00. The molecule has 0 aromatic heterocycles. The number of halogens is 1. The highest BCUT2D eigenvalue weighted by Crippen LogP contribution is 2.22. The molecule has 0 amide bonds. The molecule has 3 nitrogen and oxygen atoms in total. The van der Waals surface area contributed by atoms with Gasteiger partial charge in [0.05, 0.1) is 0 Å². The van der Waals surface area contributed by atoms with Crippen LogP contribution in [0.15, 0.2) is 24.3 Å². The number of likely N-dealkylation sites (tertiary alicyclic amines) is 1. The highest BCUT2D eigenvalue weighted by atomic mass is 19.1. The lowest BCUT2D eigenvalue weighted by molar-refractivity contribution is 0.219. The number of aliphatic hydroxyl groups excluding tert-OH is 1. The number of hydrogen-bond donors (Lipinski definition) is 2. The molecule has 0 saturated carbocycles. The van der Waals surface area contributed by atoms with Gasteiger partial charge in [0.1, 0.15) is 5.82 Å². The molecule has 1 aromatic rings. The van der Waals surface area contributed by atoms with Crippen LogP contribution in [-0.2, 0) is 0 Å². The monoisotopic (exact) mass is 266 g/mol. The number of aliphatic hydroxyl groups is 1. The molecular formula is C15H23FN2O. The van der Waals surface area contributed by atoms with Gasteiger partial charge in [0, 0.05) is 24.8 Å². The fourth-order valence-electron chi connectivity index (χ4n) is 2.79. The normalized spacial score (nSPS) is 21.7. The standard InChI is InChI=1S/C15H23FN2O/c1-17-15(13-4-2-3-5-14(13)16)7-9-18-8-6-12(10-18)11-19/h2-5,12,15,17,19H,6-11H2,1H3. The maximum atomic E-state index is 13.8. The van der Waals surface area contributed by atoms with E-state index in [2.05, 4.69) is 10.2 Å². The molecule has 2 rings (SSSR count). The van der Waals surface area contributed by atoms with E-state index in [0.717, 1.165) is 38.0 Å². The maximum Gasteiger partial charge on any atom is 0.127 e. The van der Waals surface area contributed by atoms with Crippen molar-refractivity contribution in [3.05, 3.63) is 35.6 Å². The van der Waals surface area contributed by atoms with Crippen LogP contribution in [0.5, 0.6) is 0 Å². The minimum Gasteiger partial charge on any atom is -0.396 e. The topological polar surface area (TPSA) is 35.5 Å². The van der Waals surface area contributed by atoms with E-state index in [1.165, 1.54) is 6.07 Å². The first-order chi connectivity index (χ1) is 9.24. The number of rotatable bonds is 6. The first kappa shape index (κ1) is 14.4. The first-order valence-electron chi connectivity index (χ1n) is 6.99. The van der Waals surface area contributed by atoms with Crippen LogP contribution in [0.4, 0.5) is 4.39 Å². The van der Waals surface area contributed by atoms with Gasteiger partial charge in [0.2, 0.25) is 0 Å². The molecule has 2 N–H and O–H groups in total. The fourth-order valence-corrected chi connectivity index (χ4v) is 2.79. The molecule has 0 radical (unpaired) electrons. The van der Waals surface area contributed by atoms with Crippen molar-refractivity contribution in [2.45, 2.75) is 18.9 Å². The van der Waals surface area contributed by atoms with Crippen molar-refractivity contribution in [2.75, 3.05) is 33.3 Å². The SMILES string of the molecule is CNC(CCN1CCC(CO)C1)c1ccccc1F. The van der Waals surface area contributed by atoms with Gasteiger partial charge in [-0.1, -0.05) is 18.2 Å². The van der Waals surface area contributed by atoms with Crippen LogP contribution in [0, 0.1) is 11.7 Å². The van der Waals surface area contributed by atoms with Gasteiger partial charge in [-0.3, -0.25) is 0 Å². The Balaban J connectivity index is 1.88. The van der Waals surface area contributed by atoms with Crippen LogP contribution in [0.1, 0.15) is 24.4 Å². The molecule has 106 valence electrons. The summed E-state index contributed by atoms with van der Waals surface area (Å²) in [7, 11) is 1.87. The zero-order valence-corrected chi connectivity index (χ0v) is 11.5. The average molecular weight is 266 g/mol. The maximum absolute atomic E-state index is 13.8. The Labute approximate surface area is 114 Å². The van der Waals surface area contributed by atoms with Crippen LogP contribution in [-0.4, -0.2) is 43.3 Å². The Kier molecular flexibility index (Phi) is 5.31. The minimum absolute atomic E-state index is 0.0503. The second-order valence-corrected chi connectivity index (χ2v) is 5.29. The molecule has 1 saturated heterocycles. The Hall–Kier alpha value is -0.970. The lowest BCUT2D eigenvalue weighted by atomic mass is 10.0. The van der Waals surface area contributed by atoms with Crippen molar-refractivity contribution in [1.82, 2.24) is 10.2 Å².